The van der Waals surface area contributed by atoms with Gasteiger partial charge in [-0.2, -0.15) is 11.3 Å². The van der Waals surface area contributed by atoms with Gasteiger partial charge in [-0.1, -0.05) is 17.7 Å². The summed E-state index contributed by atoms with van der Waals surface area (Å²) in [5, 5.41) is 7.01. The molecule has 1 fully saturated rings. The van der Waals surface area contributed by atoms with Gasteiger partial charge in [0.25, 0.3) is 5.91 Å². The van der Waals surface area contributed by atoms with Gasteiger partial charge in [0, 0.05) is 50.1 Å². The topological polar surface area (TPSA) is 65.5 Å². The molecule has 0 saturated carbocycles. The Morgan fingerprint density at radius 3 is 2.69 bits per heavy atom. The number of hydrogen-bond donors (Lipinski definition) is 1. The van der Waals surface area contributed by atoms with Crippen molar-refractivity contribution < 1.29 is 9.59 Å². The molecule has 1 aliphatic rings. The molecule has 0 unspecified atom stereocenters. The molecule has 2 aromatic rings. The maximum Gasteiger partial charge on any atom is 0.252 e. The molecule has 0 spiro atoms. The Morgan fingerprint density at radius 2 is 2.00 bits per heavy atom. The Bertz CT molecular complexity index is 745. The number of nitrogens with one attached hydrogen (secondary N) is 1. The number of halogens is 1. The number of anilines is 1. The van der Waals surface area contributed by atoms with Crippen molar-refractivity contribution >= 4 is 40.6 Å². The molecule has 0 aliphatic carbocycles. The molecule has 0 aromatic carbocycles. The van der Waals surface area contributed by atoms with Crippen LogP contribution >= 0.6 is 22.9 Å². The van der Waals surface area contributed by atoms with E-state index in [4.69, 9.17) is 11.6 Å². The summed E-state index contributed by atoms with van der Waals surface area (Å²) in [6.07, 6.45) is 1.09. The molecule has 1 aliphatic heterocycles. The largest absolute Gasteiger partial charge is 0.353 e. The van der Waals surface area contributed by atoms with Gasteiger partial charge in [0.05, 0.1) is 0 Å². The highest BCUT2D eigenvalue weighted by molar-refractivity contribution is 7.08. The Balaban J connectivity index is 1.36. The number of carbonyl (C=O) groups excluding carboxylic acids is 2. The predicted octanol–water partition coefficient (Wildman–Crippen LogP) is 2.66. The van der Waals surface area contributed by atoms with E-state index < -0.39 is 0 Å². The second-order valence-electron chi connectivity index (χ2n) is 6.06. The van der Waals surface area contributed by atoms with Gasteiger partial charge in [0.15, 0.2) is 0 Å². The van der Waals surface area contributed by atoms with E-state index in [1.165, 1.54) is 11.3 Å². The van der Waals surface area contributed by atoms with Crippen LogP contribution in [0.4, 0.5) is 5.82 Å². The van der Waals surface area contributed by atoms with Gasteiger partial charge in [-0.3, -0.25) is 9.59 Å². The number of hydrogen-bond acceptors (Lipinski definition) is 5. The molecular formula is C18H21ClN4O2S. The van der Waals surface area contributed by atoms with Gasteiger partial charge < -0.3 is 15.1 Å². The van der Waals surface area contributed by atoms with Crippen molar-refractivity contribution in [2.45, 2.75) is 12.8 Å². The zero-order valence-corrected chi connectivity index (χ0v) is 15.9. The van der Waals surface area contributed by atoms with Crippen molar-refractivity contribution in [2.75, 3.05) is 37.6 Å². The minimum Gasteiger partial charge on any atom is -0.353 e. The molecule has 1 N–H and O–H groups in total. The summed E-state index contributed by atoms with van der Waals surface area (Å²) in [5.74, 6) is 0.899. The van der Waals surface area contributed by atoms with Gasteiger partial charge >= 0.3 is 0 Å². The minimum absolute atomic E-state index is 0.0821. The molecule has 3 heterocycles. The first-order chi connectivity index (χ1) is 12.6. The highest BCUT2D eigenvalue weighted by Crippen LogP contribution is 2.16. The fraction of sp³-hybridized carbons (Fsp3) is 0.389. The summed E-state index contributed by atoms with van der Waals surface area (Å²) in [7, 11) is 0. The lowest BCUT2D eigenvalue weighted by Crippen LogP contribution is -2.49. The Hall–Kier alpha value is -2.12. The first kappa shape index (κ1) is 18.7. The quantitative estimate of drug-likeness (QED) is 0.606. The molecule has 0 atom stereocenters. The van der Waals surface area contributed by atoms with Gasteiger partial charge in [0.2, 0.25) is 5.91 Å². The maximum absolute atomic E-state index is 12.3. The molecule has 0 radical (unpaired) electrons. The third kappa shape index (κ3) is 4.95. The summed E-state index contributed by atoms with van der Waals surface area (Å²) in [5.41, 5.74) is 0.673. The van der Waals surface area contributed by atoms with Gasteiger partial charge in [-0.15, -0.1) is 0 Å². The van der Waals surface area contributed by atoms with Crippen molar-refractivity contribution in [1.82, 2.24) is 15.2 Å². The Labute approximate surface area is 161 Å². The van der Waals surface area contributed by atoms with Crippen LogP contribution in [0.3, 0.4) is 0 Å². The number of piperazine rings is 1. The molecule has 2 amide bonds. The van der Waals surface area contributed by atoms with E-state index in [0.29, 0.717) is 43.2 Å². The SMILES string of the molecule is O=C(NCCCC(=O)N1CCN(c2cccc(Cl)n2)CC1)c1ccsc1. The average Bonchev–Trinajstić information content (AvgIpc) is 3.20. The zero-order valence-electron chi connectivity index (χ0n) is 14.4. The van der Waals surface area contributed by atoms with Gasteiger partial charge in [0.1, 0.15) is 11.0 Å². The number of rotatable bonds is 6. The molecule has 0 bridgehead atoms. The van der Waals surface area contributed by atoms with Gasteiger partial charge in [-0.05, 0) is 30.0 Å². The fourth-order valence-corrected chi connectivity index (χ4v) is 3.65. The summed E-state index contributed by atoms with van der Waals surface area (Å²) in [6, 6.07) is 7.35. The van der Waals surface area contributed by atoms with E-state index in [-0.39, 0.29) is 11.8 Å². The zero-order chi connectivity index (χ0) is 18.4. The van der Waals surface area contributed by atoms with Crippen molar-refractivity contribution in [2.24, 2.45) is 0 Å². The van der Waals surface area contributed by atoms with Crippen molar-refractivity contribution in [3.63, 3.8) is 0 Å². The lowest BCUT2D eigenvalue weighted by Gasteiger charge is -2.35. The van der Waals surface area contributed by atoms with Crippen LogP contribution in [0.5, 0.6) is 0 Å². The van der Waals surface area contributed by atoms with E-state index in [9.17, 15) is 9.59 Å². The molecular weight excluding hydrogens is 372 g/mol. The highest BCUT2D eigenvalue weighted by atomic mass is 35.5. The second kappa shape index (κ2) is 9.00. The summed E-state index contributed by atoms with van der Waals surface area (Å²) < 4.78 is 0. The summed E-state index contributed by atoms with van der Waals surface area (Å²) in [6.45, 7) is 3.34. The Morgan fingerprint density at radius 1 is 1.19 bits per heavy atom. The predicted molar refractivity (Wildman–Crippen MR) is 104 cm³/mol. The van der Waals surface area contributed by atoms with Crippen molar-refractivity contribution in [1.29, 1.82) is 0 Å². The van der Waals surface area contributed by atoms with E-state index in [1.54, 1.807) is 12.1 Å². The van der Waals surface area contributed by atoms with Crippen LogP contribution in [-0.2, 0) is 4.79 Å². The van der Waals surface area contributed by atoms with Gasteiger partial charge in [-0.25, -0.2) is 4.98 Å². The van der Waals surface area contributed by atoms with Crippen LogP contribution in [0, 0.1) is 0 Å². The van der Waals surface area contributed by atoms with Crippen molar-refractivity contribution in [3.05, 3.63) is 45.7 Å². The first-order valence-electron chi connectivity index (χ1n) is 8.59. The first-order valence-corrected chi connectivity index (χ1v) is 9.91. The van der Waals surface area contributed by atoms with Crippen LogP contribution in [0.25, 0.3) is 0 Å². The van der Waals surface area contributed by atoms with E-state index in [2.05, 4.69) is 15.2 Å². The van der Waals surface area contributed by atoms with Crippen molar-refractivity contribution in [3.8, 4) is 0 Å². The normalized spacial score (nSPS) is 14.3. The minimum atomic E-state index is -0.0821. The summed E-state index contributed by atoms with van der Waals surface area (Å²) in [4.78, 5) is 32.5. The average molecular weight is 393 g/mol. The lowest BCUT2D eigenvalue weighted by molar-refractivity contribution is -0.131. The van der Waals surface area contributed by atoms with Crippen LogP contribution in [0.2, 0.25) is 5.15 Å². The monoisotopic (exact) mass is 392 g/mol. The molecule has 2 aromatic heterocycles. The smallest absolute Gasteiger partial charge is 0.252 e. The molecule has 138 valence electrons. The number of nitrogens with zero attached hydrogens (tertiary/aromatic N) is 3. The summed E-state index contributed by atoms with van der Waals surface area (Å²) >= 11 is 7.43. The van der Waals surface area contributed by atoms with E-state index >= 15 is 0 Å². The van der Waals surface area contributed by atoms with E-state index in [1.807, 2.05) is 27.8 Å². The maximum atomic E-state index is 12.3. The number of aromatic nitrogens is 1. The number of amides is 2. The van der Waals surface area contributed by atoms with Crippen LogP contribution in [0.1, 0.15) is 23.2 Å². The van der Waals surface area contributed by atoms with E-state index in [0.717, 1.165) is 18.9 Å². The second-order valence-corrected chi connectivity index (χ2v) is 7.23. The molecule has 26 heavy (non-hydrogen) atoms. The fourth-order valence-electron chi connectivity index (χ4n) is 2.85. The molecule has 6 nitrogen and oxygen atoms in total. The third-order valence-corrected chi connectivity index (χ3v) is 5.19. The lowest BCUT2D eigenvalue weighted by atomic mass is 10.2. The molecule has 8 heteroatoms. The van der Waals surface area contributed by atoms with Crippen LogP contribution < -0.4 is 10.2 Å². The van der Waals surface area contributed by atoms with Crippen LogP contribution in [-0.4, -0.2) is 54.4 Å². The number of carbonyl (C=O) groups is 2. The number of pyridine rings is 1. The Kier molecular flexibility index (Phi) is 6.46. The molecule has 1 saturated heterocycles. The van der Waals surface area contributed by atoms with Crippen LogP contribution in [0.15, 0.2) is 35.0 Å². The molecule has 3 rings (SSSR count). The standard InChI is InChI=1S/C18H21ClN4O2S/c19-15-3-1-4-16(21-15)22-8-10-23(11-9-22)17(24)5-2-7-20-18(25)14-6-12-26-13-14/h1,3-4,6,12-13H,2,5,7-11H2,(H,20,25). The third-order valence-electron chi connectivity index (χ3n) is 4.29. The highest BCUT2D eigenvalue weighted by Gasteiger charge is 2.21. The number of thiophene rings is 1.